The van der Waals surface area contributed by atoms with Gasteiger partial charge in [0.05, 0.1) is 5.60 Å². The summed E-state index contributed by atoms with van der Waals surface area (Å²) < 4.78 is 0. The SMILES string of the molecule is CCC(O)(CNCC(C)C)C1CC1. The van der Waals surface area contributed by atoms with E-state index in [9.17, 15) is 5.11 Å². The van der Waals surface area contributed by atoms with Crippen LogP contribution in [-0.2, 0) is 0 Å². The van der Waals surface area contributed by atoms with E-state index >= 15 is 0 Å². The Hall–Kier alpha value is -0.0800. The van der Waals surface area contributed by atoms with E-state index < -0.39 is 5.60 Å². The van der Waals surface area contributed by atoms with Crippen molar-refractivity contribution in [1.82, 2.24) is 5.32 Å². The van der Waals surface area contributed by atoms with Gasteiger partial charge >= 0.3 is 0 Å². The number of rotatable bonds is 6. The number of hydrogen-bond donors (Lipinski definition) is 2. The van der Waals surface area contributed by atoms with Crippen LogP contribution in [0.3, 0.4) is 0 Å². The van der Waals surface area contributed by atoms with Gasteiger partial charge in [0.2, 0.25) is 0 Å². The second-order valence-corrected chi connectivity index (χ2v) is 4.76. The summed E-state index contributed by atoms with van der Waals surface area (Å²) in [5.41, 5.74) is -0.422. The van der Waals surface area contributed by atoms with Gasteiger partial charge in [-0.15, -0.1) is 0 Å². The maximum atomic E-state index is 10.2. The molecule has 2 N–H and O–H groups in total. The average Bonchev–Trinajstić information content (AvgIpc) is 2.85. The molecule has 1 saturated carbocycles. The van der Waals surface area contributed by atoms with Crippen molar-refractivity contribution in [3.63, 3.8) is 0 Å². The van der Waals surface area contributed by atoms with Crippen molar-refractivity contribution in [3.8, 4) is 0 Å². The zero-order valence-electron chi connectivity index (χ0n) is 9.14. The Morgan fingerprint density at radius 2 is 2.08 bits per heavy atom. The molecule has 0 saturated heterocycles. The molecule has 1 rings (SSSR count). The van der Waals surface area contributed by atoms with Crippen LogP contribution in [0.15, 0.2) is 0 Å². The predicted molar refractivity (Wildman–Crippen MR) is 55.7 cm³/mol. The van der Waals surface area contributed by atoms with Crippen LogP contribution >= 0.6 is 0 Å². The van der Waals surface area contributed by atoms with Crippen LogP contribution in [-0.4, -0.2) is 23.8 Å². The zero-order valence-corrected chi connectivity index (χ0v) is 9.14. The van der Waals surface area contributed by atoms with Crippen molar-refractivity contribution >= 4 is 0 Å². The van der Waals surface area contributed by atoms with Gasteiger partial charge in [-0.1, -0.05) is 20.8 Å². The molecule has 0 aromatic carbocycles. The predicted octanol–water partition coefficient (Wildman–Crippen LogP) is 1.78. The second kappa shape index (κ2) is 4.43. The molecule has 78 valence electrons. The molecule has 1 aliphatic rings. The first kappa shape index (κ1) is 11.0. The standard InChI is InChI=1S/C11H23NO/c1-4-11(13,10-5-6-10)8-12-7-9(2)3/h9-10,12-13H,4-8H2,1-3H3. The molecule has 0 radical (unpaired) electrons. The summed E-state index contributed by atoms with van der Waals surface area (Å²) in [7, 11) is 0. The molecule has 0 spiro atoms. The van der Waals surface area contributed by atoms with Gasteiger partial charge in [0, 0.05) is 6.54 Å². The lowest BCUT2D eigenvalue weighted by atomic mass is 9.94. The first-order valence-electron chi connectivity index (χ1n) is 5.51. The van der Waals surface area contributed by atoms with Crippen LogP contribution in [0.1, 0.15) is 40.0 Å². The molecule has 1 atom stereocenters. The topological polar surface area (TPSA) is 32.3 Å². The molecule has 1 fully saturated rings. The molecule has 1 unspecified atom stereocenters. The Balaban J connectivity index is 2.23. The second-order valence-electron chi connectivity index (χ2n) is 4.76. The highest BCUT2D eigenvalue weighted by Crippen LogP contribution is 2.41. The highest BCUT2D eigenvalue weighted by atomic mass is 16.3. The monoisotopic (exact) mass is 185 g/mol. The molecular weight excluding hydrogens is 162 g/mol. The fourth-order valence-corrected chi connectivity index (χ4v) is 1.76. The highest BCUT2D eigenvalue weighted by Gasteiger charge is 2.41. The van der Waals surface area contributed by atoms with E-state index in [0.29, 0.717) is 11.8 Å². The molecule has 1 aliphatic carbocycles. The largest absolute Gasteiger partial charge is 0.388 e. The Bertz CT molecular complexity index is 154. The fraction of sp³-hybridized carbons (Fsp3) is 1.00. The van der Waals surface area contributed by atoms with E-state index in [0.717, 1.165) is 19.5 Å². The van der Waals surface area contributed by atoms with Crippen molar-refractivity contribution in [2.75, 3.05) is 13.1 Å². The van der Waals surface area contributed by atoms with Gasteiger partial charge in [-0.3, -0.25) is 0 Å². The van der Waals surface area contributed by atoms with Crippen LogP contribution in [0, 0.1) is 11.8 Å². The van der Waals surface area contributed by atoms with Gasteiger partial charge in [-0.2, -0.15) is 0 Å². The van der Waals surface area contributed by atoms with Gasteiger partial charge in [0.15, 0.2) is 0 Å². The molecule has 0 bridgehead atoms. The Labute approximate surface area is 81.7 Å². The molecule has 2 heteroatoms. The lowest BCUT2D eigenvalue weighted by molar-refractivity contribution is 0.0138. The van der Waals surface area contributed by atoms with Gasteiger partial charge in [0.1, 0.15) is 0 Å². The third kappa shape index (κ3) is 3.28. The Kier molecular flexibility index (Phi) is 3.74. The third-order valence-corrected chi connectivity index (χ3v) is 2.93. The van der Waals surface area contributed by atoms with Gasteiger partial charge in [0.25, 0.3) is 0 Å². The van der Waals surface area contributed by atoms with E-state index in [1.807, 2.05) is 0 Å². The third-order valence-electron chi connectivity index (χ3n) is 2.93. The smallest absolute Gasteiger partial charge is 0.0796 e. The van der Waals surface area contributed by atoms with E-state index in [2.05, 4.69) is 26.1 Å². The van der Waals surface area contributed by atoms with E-state index in [4.69, 9.17) is 0 Å². The van der Waals surface area contributed by atoms with E-state index in [1.54, 1.807) is 0 Å². The lowest BCUT2D eigenvalue weighted by Gasteiger charge is -2.27. The summed E-state index contributed by atoms with van der Waals surface area (Å²) in [4.78, 5) is 0. The summed E-state index contributed by atoms with van der Waals surface area (Å²) in [6.07, 6.45) is 3.31. The first-order valence-corrected chi connectivity index (χ1v) is 5.51. The van der Waals surface area contributed by atoms with Crippen LogP contribution in [0.2, 0.25) is 0 Å². The minimum absolute atomic E-state index is 0.422. The van der Waals surface area contributed by atoms with Crippen molar-refractivity contribution in [1.29, 1.82) is 0 Å². The van der Waals surface area contributed by atoms with Crippen molar-refractivity contribution in [2.45, 2.75) is 45.6 Å². The molecule has 2 nitrogen and oxygen atoms in total. The van der Waals surface area contributed by atoms with Crippen LogP contribution in [0.4, 0.5) is 0 Å². The number of nitrogens with one attached hydrogen (secondary N) is 1. The summed E-state index contributed by atoms with van der Waals surface area (Å²) >= 11 is 0. The summed E-state index contributed by atoms with van der Waals surface area (Å²) in [5, 5.41) is 13.6. The van der Waals surface area contributed by atoms with E-state index in [-0.39, 0.29) is 0 Å². The number of hydrogen-bond acceptors (Lipinski definition) is 2. The molecular formula is C11H23NO. The molecule has 0 amide bonds. The van der Waals surface area contributed by atoms with Crippen LogP contribution < -0.4 is 5.32 Å². The van der Waals surface area contributed by atoms with Crippen molar-refractivity contribution in [3.05, 3.63) is 0 Å². The van der Waals surface area contributed by atoms with Gasteiger partial charge in [-0.25, -0.2) is 0 Å². The molecule has 0 heterocycles. The minimum Gasteiger partial charge on any atom is -0.388 e. The fourth-order valence-electron chi connectivity index (χ4n) is 1.76. The van der Waals surface area contributed by atoms with Crippen molar-refractivity contribution in [2.24, 2.45) is 11.8 Å². The quantitative estimate of drug-likeness (QED) is 0.661. The summed E-state index contributed by atoms with van der Waals surface area (Å²) in [6, 6.07) is 0. The number of aliphatic hydroxyl groups is 1. The zero-order chi connectivity index (χ0) is 9.90. The summed E-state index contributed by atoms with van der Waals surface area (Å²) in [5.74, 6) is 1.23. The van der Waals surface area contributed by atoms with E-state index in [1.165, 1.54) is 12.8 Å². The maximum Gasteiger partial charge on any atom is 0.0796 e. The Morgan fingerprint density at radius 1 is 1.46 bits per heavy atom. The van der Waals surface area contributed by atoms with Crippen LogP contribution in [0.5, 0.6) is 0 Å². The lowest BCUT2D eigenvalue weighted by Crippen LogP contribution is -2.43. The maximum absolute atomic E-state index is 10.2. The Morgan fingerprint density at radius 3 is 2.46 bits per heavy atom. The first-order chi connectivity index (χ1) is 6.08. The normalized spacial score (nSPS) is 21.9. The van der Waals surface area contributed by atoms with Gasteiger partial charge < -0.3 is 10.4 Å². The van der Waals surface area contributed by atoms with Crippen LogP contribution in [0.25, 0.3) is 0 Å². The molecule has 13 heavy (non-hydrogen) atoms. The van der Waals surface area contributed by atoms with Crippen molar-refractivity contribution < 1.29 is 5.11 Å². The summed E-state index contributed by atoms with van der Waals surface area (Å²) in [6.45, 7) is 8.24. The highest BCUT2D eigenvalue weighted by molar-refractivity contribution is 4.95. The molecule has 0 aliphatic heterocycles. The minimum atomic E-state index is -0.422. The average molecular weight is 185 g/mol. The molecule has 0 aromatic heterocycles. The van der Waals surface area contributed by atoms with Gasteiger partial charge in [-0.05, 0) is 37.6 Å². The molecule has 0 aromatic rings.